The van der Waals surface area contributed by atoms with E-state index in [4.69, 9.17) is 9.15 Å². The van der Waals surface area contributed by atoms with Crippen LogP contribution in [0.2, 0.25) is 0 Å². The molecule has 1 aliphatic heterocycles. The topological polar surface area (TPSA) is 63.0 Å². The number of furan rings is 1. The van der Waals surface area contributed by atoms with Crippen LogP contribution in [-0.2, 0) is 22.6 Å². The lowest BCUT2D eigenvalue weighted by Gasteiger charge is -2.22. The minimum atomic E-state index is -0.0674. The highest BCUT2D eigenvalue weighted by atomic mass is 16.5. The third-order valence-electron chi connectivity index (χ3n) is 4.53. The number of nitrogens with zero attached hydrogens (tertiary/aromatic N) is 2. The van der Waals surface area contributed by atoms with Gasteiger partial charge in [0.1, 0.15) is 5.76 Å². The molecule has 26 heavy (non-hydrogen) atoms. The van der Waals surface area contributed by atoms with Crippen LogP contribution in [0.25, 0.3) is 0 Å². The van der Waals surface area contributed by atoms with E-state index in [-0.39, 0.29) is 11.8 Å². The van der Waals surface area contributed by atoms with E-state index in [0.717, 1.165) is 24.3 Å². The summed E-state index contributed by atoms with van der Waals surface area (Å²) in [6.07, 6.45) is 3.16. The summed E-state index contributed by atoms with van der Waals surface area (Å²) in [5, 5.41) is 0. The van der Waals surface area contributed by atoms with Crippen molar-refractivity contribution in [3.05, 3.63) is 59.5 Å². The number of carbonyl (C=O) groups is 2. The van der Waals surface area contributed by atoms with Crippen molar-refractivity contribution >= 4 is 11.8 Å². The molecule has 0 atom stereocenters. The normalized spacial score (nSPS) is 14.0. The second-order valence-corrected chi connectivity index (χ2v) is 6.41. The highest BCUT2D eigenvalue weighted by Gasteiger charge is 2.21. The van der Waals surface area contributed by atoms with Gasteiger partial charge in [-0.2, -0.15) is 0 Å². The molecule has 2 aromatic rings. The van der Waals surface area contributed by atoms with Crippen LogP contribution in [0.4, 0.5) is 0 Å². The maximum absolute atomic E-state index is 12.8. The molecule has 0 aliphatic carbocycles. The van der Waals surface area contributed by atoms with Crippen LogP contribution in [0.3, 0.4) is 0 Å². The minimum absolute atomic E-state index is 0.0674. The number of likely N-dealkylation sites (tertiary alicyclic amines) is 1. The van der Waals surface area contributed by atoms with E-state index in [0.29, 0.717) is 38.2 Å². The Morgan fingerprint density at radius 2 is 2.08 bits per heavy atom. The van der Waals surface area contributed by atoms with Gasteiger partial charge < -0.3 is 19.0 Å². The van der Waals surface area contributed by atoms with E-state index in [1.807, 2.05) is 41.3 Å². The van der Waals surface area contributed by atoms with Gasteiger partial charge in [0, 0.05) is 38.7 Å². The van der Waals surface area contributed by atoms with E-state index in [1.165, 1.54) is 0 Å². The third kappa shape index (κ3) is 4.52. The number of rotatable bonds is 8. The van der Waals surface area contributed by atoms with Gasteiger partial charge in [-0.3, -0.25) is 9.59 Å². The smallest absolute Gasteiger partial charge is 0.254 e. The van der Waals surface area contributed by atoms with E-state index < -0.39 is 0 Å². The van der Waals surface area contributed by atoms with Gasteiger partial charge in [-0.1, -0.05) is 12.1 Å². The molecule has 1 aliphatic rings. The van der Waals surface area contributed by atoms with Crippen molar-refractivity contribution in [2.75, 3.05) is 26.8 Å². The quantitative estimate of drug-likeness (QED) is 0.730. The Morgan fingerprint density at radius 3 is 2.69 bits per heavy atom. The fraction of sp³-hybridized carbons (Fsp3) is 0.400. The number of amides is 2. The van der Waals surface area contributed by atoms with E-state index in [2.05, 4.69) is 0 Å². The lowest BCUT2D eigenvalue weighted by Crippen LogP contribution is -2.33. The molecule has 0 spiro atoms. The lowest BCUT2D eigenvalue weighted by atomic mass is 10.1. The van der Waals surface area contributed by atoms with Gasteiger partial charge in [0.15, 0.2) is 0 Å². The Balaban J connectivity index is 1.66. The van der Waals surface area contributed by atoms with Gasteiger partial charge in [-0.15, -0.1) is 0 Å². The summed E-state index contributed by atoms with van der Waals surface area (Å²) < 4.78 is 10.5. The molecule has 1 aromatic carbocycles. The maximum Gasteiger partial charge on any atom is 0.254 e. The molecule has 138 valence electrons. The van der Waals surface area contributed by atoms with Crippen LogP contribution in [0.1, 0.15) is 34.5 Å². The van der Waals surface area contributed by atoms with Crippen molar-refractivity contribution in [3.63, 3.8) is 0 Å². The fourth-order valence-corrected chi connectivity index (χ4v) is 3.07. The highest BCUT2D eigenvalue weighted by molar-refractivity contribution is 5.94. The zero-order valence-electron chi connectivity index (χ0n) is 15.0. The number of benzene rings is 1. The first kappa shape index (κ1) is 18.2. The fourth-order valence-electron chi connectivity index (χ4n) is 3.07. The molecule has 2 amide bonds. The van der Waals surface area contributed by atoms with Crippen molar-refractivity contribution in [2.45, 2.75) is 25.9 Å². The number of carbonyl (C=O) groups excluding carboxylic acids is 2. The molecule has 0 bridgehead atoms. The number of methoxy groups -OCH3 is 1. The molecule has 0 saturated carbocycles. The van der Waals surface area contributed by atoms with Crippen LogP contribution in [0.5, 0.6) is 0 Å². The molecule has 0 unspecified atom stereocenters. The molecule has 0 radical (unpaired) electrons. The predicted octanol–water partition coefficient (Wildman–Crippen LogP) is 2.69. The lowest BCUT2D eigenvalue weighted by molar-refractivity contribution is -0.128. The number of hydrogen-bond acceptors (Lipinski definition) is 4. The van der Waals surface area contributed by atoms with Crippen molar-refractivity contribution in [3.8, 4) is 0 Å². The molecule has 2 heterocycles. The van der Waals surface area contributed by atoms with Gasteiger partial charge in [0.2, 0.25) is 5.91 Å². The second-order valence-electron chi connectivity index (χ2n) is 6.41. The molecular formula is C20H24N2O4. The first-order chi connectivity index (χ1) is 12.7. The summed E-state index contributed by atoms with van der Waals surface area (Å²) >= 11 is 0. The number of hydrogen-bond donors (Lipinski definition) is 0. The van der Waals surface area contributed by atoms with Crippen molar-refractivity contribution in [1.29, 1.82) is 0 Å². The van der Waals surface area contributed by atoms with Gasteiger partial charge in [0.05, 0.1) is 19.4 Å². The van der Waals surface area contributed by atoms with Gasteiger partial charge in [-0.25, -0.2) is 0 Å². The third-order valence-corrected chi connectivity index (χ3v) is 4.53. The first-order valence-electron chi connectivity index (χ1n) is 8.84. The molecule has 6 nitrogen and oxygen atoms in total. The molecule has 3 rings (SSSR count). The summed E-state index contributed by atoms with van der Waals surface area (Å²) in [4.78, 5) is 28.2. The summed E-state index contributed by atoms with van der Waals surface area (Å²) in [5.74, 6) is 0.871. The summed E-state index contributed by atoms with van der Waals surface area (Å²) in [5.41, 5.74) is 1.65. The highest BCUT2D eigenvalue weighted by Crippen LogP contribution is 2.16. The monoisotopic (exact) mass is 356 g/mol. The minimum Gasteiger partial charge on any atom is -0.467 e. The Labute approximate surface area is 153 Å². The molecule has 1 aromatic heterocycles. The molecule has 0 N–H and O–H groups in total. The Kier molecular flexibility index (Phi) is 6.07. The van der Waals surface area contributed by atoms with E-state index in [1.54, 1.807) is 18.3 Å². The molecule has 1 saturated heterocycles. The standard InChI is InChI=1S/C20H24N2O4/c1-25-13-11-22(15-18-4-3-12-26-18)20(24)17-8-6-16(7-9-17)14-21-10-2-5-19(21)23/h3-4,6-9,12H,2,5,10-11,13-15H2,1H3. The summed E-state index contributed by atoms with van der Waals surface area (Å²) in [6.45, 7) is 2.77. The largest absolute Gasteiger partial charge is 0.467 e. The van der Waals surface area contributed by atoms with Crippen molar-refractivity contribution in [2.24, 2.45) is 0 Å². The van der Waals surface area contributed by atoms with Gasteiger partial charge in [0.25, 0.3) is 5.91 Å². The number of ether oxygens (including phenoxy) is 1. The maximum atomic E-state index is 12.8. The summed E-state index contributed by atoms with van der Waals surface area (Å²) in [7, 11) is 1.62. The Morgan fingerprint density at radius 1 is 1.27 bits per heavy atom. The Hall–Kier alpha value is -2.60. The predicted molar refractivity (Wildman–Crippen MR) is 96.4 cm³/mol. The first-order valence-corrected chi connectivity index (χ1v) is 8.84. The van der Waals surface area contributed by atoms with E-state index >= 15 is 0 Å². The van der Waals surface area contributed by atoms with E-state index in [9.17, 15) is 9.59 Å². The van der Waals surface area contributed by atoms with Gasteiger partial charge in [-0.05, 0) is 36.2 Å². The average Bonchev–Trinajstić information content (AvgIpc) is 3.31. The molecule has 1 fully saturated rings. The Bertz CT molecular complexity index is 725. The van der Waals surface area contributed by atoms with Crippen LogP contribution < -0.4 is 0 Å². The van der Waals surface area contributed by atoms with Crippen molar-refractivity contribution < 1.29 is 18.7 Å². The molecule has 6 heteroatoms. The second kappa shape index (κ2) is 8.67. The zero-order valence-corrected chi connectivity index (χ0v) is 15.0. The summed E-state index contributed by atoms with van der Waals surface area (Å²) in [6, 6.07) is 11.1. The zero-order chi connectivity index (χ0) is 18.4. The van der Waals surface area contributed by atoms with Crippen LogP contribution >= 0.6 is 0 Å². The SMILES string of the molecule is COCCN(Cc1ccco1)C(=O)c1ccc(CN2CCCC2=O)cc1. The molecular weight excluding hydrogens is 332 g/mol. The van der Waals surface area contributed by atoms with Crippen LogP contribution in [-0.4, -0.2) is 48.4 Å². The van der Waals surface area contributed by atoms with Crippen LogP contribution in [0, 0.1) is 0 Å². The average molecular weight is 356 g/mol. The van der Waals surface area contributed by atoms with Crippen LogP contribution in [0.15, 0.2) is 47.1 Å². The van der Waals surface area contributed by atoms with Crippen molar-refractivity contribution in [1.82, 2.24) is 9.80 Å². The van der Waals surface area contributed by atoms with Gasteiger partial charge >= 0.3 is 0 Å².